The largest absolute Gasteiger partial charge is 0.508 e. The minimum absolute atomic E-state index is 0.158. The molecule has 1 aromatic rings. The fourth-order valence-corrected chi connectivity index (χ4v) is 1.89. The highest BCUT2D eigenvalue weighted by Crippen LogP contribution is 2.32. The zero-order valence-corrected chi connectivity index (χ0v) is 12.7. The number of hydrogen-bond acceptors (Lipinski definition) is 7. The van der Waals surface area contributed by atoms with Gasteiger partial charge >= 0.3 is 11.7 Å². The Morgan fingerprint density at radius 1 is 1.43 bits per heavy atom. The number of esters is 1. The second-order valence-electron chi connectivity index (χ2n) is 5.32. The molecule has 3 N–H and O–H groups in total. The molecular formula is C12H15NO7Si. The molecule has 8 nitrogen and oxygen atoms in total. The minimum atomic E-state index is -1.01. The quantitative estimate of drug-likeness (QED) is 0.316. The van der Waals surface area contributed by atoms with Crippen molar-refractivity contribution in [2.75, 3.05) is 0 Å². The van der Waals surface area contributed by atoms with Crippen LogP contribution < -0.4 is 5.19 Å². The summed E-state index contributed by atoms with van der Waals surface area (Å²) in [7, 11) is -1.01. The normalized spacial score (nSPS) is 11.2. The number of rotatable bonds is 4. The number of hydrogen-bond donors (Lipinski definition) is 3. The summed E-state index contributed by atoms with van der Waals surface area (Å²) in [6.07, 6.45) is 0. The third-order valence-electron chi connectivity index (χ3n) is 2.60. The van der Waals surface area contributed by atoms with Gasteiger partial charge in [0.25, 0.3) is 9.76 Å². The van der Waals surface area contributed by atoms with Crippen LogP contribution in [-0.2, 0) is 16.1 Å². The maximum absolute atomic E-state index is 11.7. The Morgan fingerprint density at radius 2 is 2.00 bits per heavy atom. The fourth-order valence-electron chi connectivity index (χ4n) is 1.48. The molecule has 0 saturated heterocycles. The number of benzene rings is 1. The van der Waals surface area contributed by atoms with Gasteiger partial charge in [-0.25, -0.2) is 0 Å². The van der Waals surface area contributed by atoms with Gasteiger partial charge < -0.3 is 19.7 Å². The van der Waals surface area contributed by atoms with E-state index in [1.165, 1.54) is 0 Å². The van der Waals surface area contributed by atoms with Crippen LogP contribution in [0.5, 0.6) is 11.5 Å². The van der Waals surface area contributed by atoms with Gasteiger partial charge in [-0.15, -0.1) is 0 Å². The first-order valence-corrected chi connectivity index (χ1v) is 6.83. The summed E-state index contributed by atoms with van der Waals surface area (Å²) in [5.41, 5.74) is -1.65. The van der Waals surface area contributed by atoms with E-state index in [2.05, 4.69) is 0 Å². The van der Waals surface area contributed by atoms with Crippen molar-refractivity contribution < 1.29 is 29.5 Å². The summed E-state index contributed by atoms with van der Waals surface area (Å²) in [6, 6.07) is 0.992. The van der Waals surface area contributed by atoms with Crippen molar-refractivity contribution in [3.05, 3.63) is 21.7 Å². The monoisotopic (exact) mass is 313 g/mol. The third-order valence-corrected chi connectivity index (χ3v) is 3.31. The SMILES string of the molecule is CC(C)(C)C(=O)OCc1cc(O)c([Si]O)c(O)c1[N+](=O)[O-]. The molecule has 2 radical (unpaired) electrons. The Hall–Kier alpha value is -2.13. The van der Waals surface area contributed by atoms with Crippen molar-refractivity contribution in [3.63, 3.8) is 0 Å². The van der Waals surface area contributed by atoms with Gasteiger partial charge in [-0.3, -0.25) is 14.9 Å². The molecular weight excluding hydrogens is 298 g/mol. The van der Waals surface area contributed by atoms with Crippen LogP contribution in [0.2, 0.25) is 0 Å². The first kappa shape index (κ1) is 16.9. The van der Waals surface area contributed by atoms with Gasteiger partial charge in [0.1, 0.15) is 12.4 Å². The van der Waals surface area contributed by atoms with E-state index in [0.29, 0.717) is 0 Å². The van der Waals surface area contributed by atoms with Gasteiger partial charge in [-0.05, 0) is 26.8 Å². The maximum Gasteiger partial charge on any atom is 0.317 e. The topological polar surface area (TPSA) is 130 Å². The zero-order valence-electron chi connectivity index (χ0n) is 11.7. The van der Waals surface area contributed by atoms with Gasteiger partial charge in [-0.2, -0.15) is 0 Å². The molecule has 21 heavy (non-hydrogen) atoms. The molecule has 1 rings (SSSR count). The van der Waals surface area contributed by atoms with Crippen molar-refractivity contribution in [2.45, 2.75) is 27.4 Å². The molecule has 1 aromatic carbocycles. The van der Waals surface area contributed by atoms with E-state index in [1.807, 2.05) is 0 Å². The van der Waals surface area contributed by atoms with E-state index in [4.69, 9.17) is 9.53 Å². The maximum atomic E-state index is 11.7. The third kappa shape index (κ3) is 3.70. The van der Waals surface area contributed by atoms with Gasteiger partial charge in [0, 0.05) is 0 Å². The average Bonchev–Trinajstić information content (AvgIpc) is 2.34. The lowest BCUT2D eigenvalue weighted by molar-refractivity contribution is -0.386. The van der Waals surface area contributed by atoms with Gasteiger partial charge in [0.05, 0.1) is 21.1 Å². The van der Waals surface area contributed by atoms with E-state index < -0.39 is 49.9 Å². The highest BCUT2D eigenvalue weighted by atomic mass is 28.2. The van der Waals surface area contributed by atoms with E-state index in [9.17, 15) is 25.1 Å². The van der Waals surface area contributed by atoms with E-state index in [0.717, 1.165) is 6.07 Å². The van der Waals surface area contributed by atoms with Crippen molar-refractivity contribution in [2.24, 2.45) is 5.41 Å². The fraction of sp³-hybridized carbons (Fsp3) is 0.417. The van der Waals surface area contributed by atoms with Crippen molar-refractivity contribution in [1.82, 2.24) is 0 Å². The minimum Gasteiger partial charge on any atom is -0.508 e. The number of phenolic OH excluding ortho intramolecular Hbond substituents is 2. The van der Waals surface area contributed by atoms with Gasteiger partial charge in [0.2, 0.25) is 0 Å². The van der Waals surface area contributed by atoms with Crippen LogP contribution in [0.25, 0.3) is 0 Å². The number of nitro groups is 1. The molecule has 0 atom stereocenters. The summed E-state index contributed by atoms with van der Waals surface area (Å²) in [5, 5.41) is 30.1. The molecule has 0 amide bonds. The highest BCUT2D eigenvalue weighted by molar-refractivity contribution is 6.48. The summed E-state index contributed by atoms with van der Waals surface area (Å²) in [5.74, 6) is -1.91. The molecule has 0 spiro atoms. The highest BCUT2D eigenvalue weighted by Gasteiger charge is 2.29. The zero-order chi connectivity index (χ0) is 16.4. The first-order chi connectivity index (χ1) is 9.59. The van der Waals surface area contributed by atoms with Crippen molar-refractivity contribution in [3.8, 4) is 11.5 Å². The lowest BCUT2D eigenvalue weighted by atomic mass is 9.97. The molecule has 0 aliphatic heterocycles. The molecule has 0 aliphatic rings. The second kappa shape index (κ2) is 6.10. The molecule has 0 heterocycles. The van der Waals surface area contributed by atoms with Crippen LogP contribution in [0.15, 0.2) is 6.07 Å². The van der Waals surface area contributed by atoms with Gasteiger partial charge in [0.15, 0.2) is 5.75 Å². The summed E-state index contributed by atoms with van der Waals surface area (Å²) in [6.45, 7) is 4.39. The van der Waals surface area contributed by atoms with Crippen LogP contribution in [0.1, 0.15) is 26.3 Å². The van der Waals surface area contributed by atoms with Crippen LogP contribution in [-0.4, -0.2) is 35.7 Å². The first-order valence-electron chi connectivity index (χ1n) is 5.89. The van der Waals surface area contributed by atoms with Crippen LogP contribution >= 0.6 is 0 Å². The van der Waals surface area contributed by atoms with Crippen molar-refractivity contribution in [1.29, 1.82) is 0 Å². The number of nitrogens with zero attached hydrogens (tertiary/aromatic N) is 1. The van der Waals surface area contributed by atoms with E-state index in [1.54, 1.807) is 20.8 Å². The number of carbonyl (C=O) groups is 1. The molecule has 0 bridgehead atoms. The molecule has 9 heteroatoms. The standard InChI is InChI=1S/C12H15NO7Si/c1-12(2,3)11(16)20-5-6-4-7(14)10(21-19)9(15)8(6)13(17)18/h4,14-15,19H,5H2,1-3H3. The van der Waals surface area contributed by atoms with Crippen molar-refractivity contribution >= 4 is 26.6 Å². The number of aromatic hydroxyl groups is 2. The predicted octanol–water partition coefficient (Wildman–Crippen LogP) is 0.332. The number of ether oxygens (including phenoxy) is 1. The Balaban J connectivity index is 3.19. The molecule has 0 fully saturated rings. The number of phenols is 2. The second-order valence-corrected chi connectivity index (χ2v) is 6.05. The van der Waals surface area contributed by atoms with E-state index in [-0.39, 0.29) is 10.8 Å². The Bertz CT molecular complexity index is 580. The molecule has 0 aliphatic carbocycles. The summed E-state index contributed by atoms with van der Waals surface area (Å²) >= 11 is 0. The molecule has 0 saturated carbocycles. The van der Waals surface area contributed by atoms with Gasteiger partial charge in [-0.1, -0.05) is 0 Å². The molecule has 0 aromatic heterocycles. The lowest BCUT2D eigenvalue weighted by Crippen LogP contribution is -2.23. The smallest absolute Gasteiger partial charge is 0.317 e. The lowest BCUT2D eigenvalue weighted by Gasteiger charge is -2.17. The summed E-state index contributed by atoms with van der Waals surface area (Å²) < 4.78 is 4.94. The average molecular weight is 313 g/mol. The Morgan fingerprint density at radius 3 is 2.43 bits per heavy atom. The number of carbonyl (C=O) groups excluding carboxylic acids is 1. The molecule has 0 unspecified atom stereocenters. The Labute approximate surface area is 123 Å². The van der Waals surface area contributed by atoms with Crippen LogP contribution in [0, 0.1) is 15.5 Å². The summed E-state index contributed by atoms with van der Waals surface area (Å²) in [4.78, 5) is 30.8. The van der Waals surface area contributed by atoms with Crippen LogP contribution in [0.3, 0.4) is 0 Å². The van der Waals surface area contributed by atoms with Crippen LogP contribution in [0.4, 0.5) is 5.69 Å². The predicted molar refractivity (Wildman–Crippen MR) is 73.3 cm³/mol. The van der Waals surface area contributed by atoms with E-state index >= 15 is 0 Å². The molecule has 114 valence electrons. The Kier molecular flexibility index (Phi) is 4.91. The number of nitro benzene ring substituents is 1.